The van der Waals surface area contributed by atoms with Crippen LogP contribution in [0.15, 0.2) is 41.8 Å². The number of carbonyl (C=O) groups is 1. The Hall–Kier alpha value is -1.26. The van der Waals surface area contributed by atoms with Crippen LogP contribution >= 0.6 is 58.4 Å². The van der Waals surface area contributed by atoms with Crippen LogP contribution in [-0.4, -0.2) is 21.0 Å². The largest absolute Gasteiger partial charge is 0.416 e. The number of thiophene rings is 1. The van der Waals surface area contributed by atoms with Crippen molar-refractivity contribution >= 4 is 75.1 Å². The maximum atomic E-state index is 12.8. The van der Waals surface area contributed by atoms with Crippen LogP contribution in [0.4, 0.5) is 18.9 Å². The lowest BCUT2D eigenvalue weighted by atomic mass is 10.2. The van der Waals surface area contributed by atoms with Crippen molar-refractivity contribution in [3.05, 3.63) is 52.2 Å². The van der Waals surface area contributed by atoms with Crippen molar-refractivity contribution in [1.29, 1.82) is 0 Å². The number of alkyl halides is 6. The molecule has 0 saturated carbocycles. The van der Waals surface area contributed by atoms with Gasteiger partial charge >= 0.3 is 6.18 Å². The molecular weight excluding hydrogens is 466 g/mol. The van der Waals surface area contributed by atoms with Gasteiger partial charge in [-0.3, -0.25) is 4.79 Å². The maximum Gasteiger partial charge on any atom is 0.416 e. The summed E-state index contributed by atoms with van der Waals surface area (Å²) >= 11 is 23.8. The monoisotopic (exact) mass is 475 g/mol. The van der Waals surface area contributed by atoms with Crippen LogP contribution in [0.2, 0.25) is 0 Å². The third-order valence-corrected chi connectivity index (χ3v) is 4.81. The Balaban J connectivity index is 2.07. The molecule has 0 radical (unpaired) electrons. The minimum absolute atomic E-state index is 0.0787. The van der Waals surface area contributed by atoms with E-state index >= 15 is 0 Å². The second-order valence-corrected chi connectivity index (χ2v) is 8.83. The van der Waals surface area contributed by atoms with E-state index in [-0.39, 0.29) is 10.8 Å². The summed E-state index contributed by atoms with van der Waals surface area (Å²) in [6, 6.07) is 7.66. The van der Waals surface area contributed by atoms with Gasteiger partial charge in [-0.1, -0.05) is 46.9 Å². The van der Waals surface area contributed by atoms with E-state index in [9.17, 15) is 18.0 Å². The van der Waals surface area contributed by atoms with E-state index in [1.165, 1.54) is 23.5 Å². The number of anilines is 1. The molecule has 0 aliphatic rings. The predicted octanol–water partition coefficient (Wildman–Crippen LogP) is 5.18. The minimum Gasteiger partial charge on any atom is -0.339 e. The first-order valence-corrected chi connectivity index (χ1v) is 9.55. The van der Waals surface area contributed by atoms with Gasteiger partial charge in [0.2, 0.25) is 3.79 Å². The SMILES string of the molecule is O=C(NC(NC(=S)Nc1cccc(C(F)(F)F)c1)C(Cl)(Cl)Cl)c1cccs1. The predicted molar refractivity (Wildman–Crippen MR) is 107 cm³/mol. The third kappa shape index (κ3) is 6.69. The number of nitrogens with one attached hydrogen (secondary N) is 3. The van der Waals surface area contributed by atoms with Crippen molar-refractivity contribution in [2.75, 3.05) is 5.32 Å². The number of thiocarbonyl (C=S) groups is 1. The molecule has 1 unspecified atom stereocenters. The fourth-order valence-corrected chi connectivity index (χ4v) is 3.07. The lowest BCUT2D eigenvalue weighted by Crippen LogP contribution is -2.56. The molecule has 0 fully saturated rings. The summed E-state index contributed by atoms with van der Waals surface area (Å²) in [7, 11) is 0. The van der Waals surface area contributed by atoms with E-state index in [4.69, 9.17) is 47.0 Å². The number of carbonyl (C=O) groups excluding carboxylic acids is 1. The minimum atomic E-state index is -4.50. The van der Waals surface area contributed by atoms with Crippen molar-refractivity contribution in [2.24, 2.45) is 0 Å². The fourth-order valence-electron chi connectivity index (χ4n) is 1.88. The number of halogens is 6. The Labute approximate surface area is 177 Å². The van der Waals surface area contributed by atoms with Crippen LogP contribution in [0.1, 0.15) is 15.2 Å². The van der Waals surface area contributed by atoms with Gasteiger partial charge in [-0.15, -0.1) is 11.3 Å². The highest BCUT2D eigenvalue weighted by Gasteiger charge is 2.35. The Bertz CT molecular complexity index is 811. The Morgan fingerprint density at radius 1 is 1.11 bits per heavy atom. The smallest absolute Gasteiger partial charge is 0.339 e. The molecule has 2 aromatic rings. The Kier molecular flexibility index (Phi) is 7.20. The standard InChI is InChI=1S/C15H11Cl3F3N3OS2/c16-14(17,18)12(23-11(25)10-5-2-6-27-10)24-13(26)22-9-4-1-3-8(7-9)15(19,20)21/h1-7,12H,(H,23,25)(H2,22,24,26). The first-order valence-electron chi connectivity index (χ1n) is 7.12. The van der Waals surface area contributed by atoms with Crippen molar-refractivity contribution in [2.45, 2.75) is 16.1 Å². The zero-order chi connectivity index (χ0) is 20.2. The summed E-state index contributed by atoms with van der Waals surface area (Å²) in [5.41, 5.74) is -0.769. The van der Waals surface area contributed by atoms with Crippen molar-refractivity contribution in [1.82, 2.24) is 10.6 Å². The molecule has 0 spiro atoms. The number of rotatable bonds is 4. The quantitative estimate of drug-likeness (QED) is 0.323. The molecule has 1 aromatic heterocycles. The average Bonchev–Trinajstić information content (AvgIpc) is 3.07. The van der Waals surface area contributed by atoms with Gasteiger partial charge < -0.3 is 16.0 Å². The highest BCUT2D eigenvalue weighted by Crippen LogP contribution is 2.31. The Morgan fingerprint density at radius 2 is 1.81 bits per heavy atom. The zero-order valence-electron chi connectivity index (χ0n) is 13.1. The summed E-state index contributed by atoms with van der Waals surface area (Å²) in [6.45, 7) is 0. The molecule has 0 bridgehead atoms. The lowest BCUT2D eigenvalue weighted by Gasteiger charge is -2.27. The van der Waals surface area contributed by atoms with Crippen LogP contribution < -0.4 is 16.0 Å². The molecule has 3 N–H and O–H groups in total. The van der Waals surface area contributed by atoms with Gasteiger partial charge in [0.1, 0.15) is 6.17 Å². The molecule has 0 aliphatic heterocycles. The van der Waals surface area contributed by atoms with Gasteiger partial charge in [0.05, 0.1) is 10.4 Å². The second-order valence-electron chi connectivity index (χ2n) is 5.10. The van der Waals surface area contributed by atoms with Crippen LogP contribution in [-0.2, 0) is 6.18 Å². The topological polar surface area (TPSA) is 53.2 Å². The first kappa shape index (κ1) is 22.0. The fraction of sp³-hybridized carbons (Fsp3) is 0.200. The first-order chi connectivity index (χ1) is 12.5. The summed E-state index contributed by atoms with van der Waals surface area (Å²) in [6.07, 6.45) is -5.73. The summed E-state index contributed by atoms with van der Waals surface area (Å²) in [5.74, 6) is -0.504. The Morgan fingerprint density at radius 3 is 2.37 bits per heavy atom. The van der Waals surface area contributed by atoms with Crippen LogP contribution in [0.25, 0.3) is 0 Å². The molecule has 146 valence electrons. The van der Waals surface area contributed by atoms with E-state index in [2.05, 4.69) is 16.0 Å². The molecule has 4 nitrogen and oxygen atoms in total. The van der Waals surface area contributed by atoms with Gasteiger partial charge in [-0.05, 0) is 41.9 Å². The summed E-state index contributed by atoms with van der Waals surface area (Å²) in [4.78, 5) is 12.5. The number of hydrogen-bond acceptors (Lipinski definition) is 3. The van der Waals surface area contributed by atoms with Gasteiger partial charge in [0.15, 0.2) is 5.11 Å². The van der Waals surface area contributed by atoms with E-state index in [0.717, 1.165) is 12.1 Å². The van der Waals surface area contributed by atoms with Gasteiger partial charge in [-0.2, -0.15) is 13.2 Å². The molecular formula is C15H11Cl3F3N3OS2. The van der Waals surface area contributed by atoms with Gasteiger partial charge in [0, 0.05) is 5.69 Å². The highest BCUT2D eigenvalue weighted by molar-refractivity contribution is 7.80. The van der Waals surface area contributed by atoms with Gasteiger partial charge in [0.25, 0.3) is 5.91 Å². The van der Waals surface area contributed by atoms with E-state index in [1.807, 2.05) is 0 Å². The molecule has 2 rings (SSSR count). The lowest BCUT2D eigenvalue weighted by molar-refractivity contribution is -0.137. The maximum absolute atomic E-state index is 12.8. The van der Waals surface area contributed by atoms with Crippen LogP contribution in [0.5, 0.6) is 0 Å². The number of benzene rings is 1. The molecule has 0 aliphatic carbocycles. The molecule has 1 aromatic carbocycles. The second kappa shape index (κ2) is 8.83. The van der Waals surface area contributed by atoms with Gasteiger partial charge in [-0.25, -0.2) is 0 Å². The molecule has 1 atom stereocenters. The van der Waals surface area contributed by atoms with Crippen molar-refractivity contribution in [3.8, 4) is 0 Å². The highest BCUT2D eigenvalue weighted by atomic mass is 35.6. The number of amides is 1. The third-order valence-electron chi connectivity index (χ3n) is 3.07. The normalized spacial score (nSPS) is 13.0. The molecule has 0 saturated heterocycles. The van der Waals surface area contributed by atoms with E-state index in [1.54, 1.807) is 17.5 Å². The number of hydrogen-bond donors (Lipinski definition) is 3. The molecule has 1 amide bonds. The summed E-state index contributed by atoms with van der Waals surface area (Å²) < 4.78 is 36.3. The van der Waals surface area contributed by atoms with Crippen LogP contribution in [0, 0.1) is 0 Å². The van der Waals surface area contributed by atoms with E-state index < -0.39 is 27.6 Å². The zero-order valence-corrected chi connectivity index (χ0v) is 17.0. The molecule has 1 heterocycles. The summed E-state index contributed by atoms with van der Waals surface area (Å²) in [5, 5.41) is 9.16. The average molecular weight is 477 g/mol. The molecule has 27 heavy (non-hydrogen) atoms. The van der Waals surface area contributed by atoms with E-state index in [0.29, 0.717) is 4.88 Å². The van der Waals surface area contributed by atoms with Crippen molar-refractivity contribution in [3.63, 3.8) is 0 Å². The van der Waals surface area contributed by atoms with Crippen molar-refractivity contribution < 1.29 is 18.0 Å². The molecule has 12 heteroatoms. The van der Waals surface area contributed by atoms with Crippen LogP contribution in [0.3, 0.4) is 0 Å².